The molecule has 0 spiro atoms. The van der Waals surface area contributed by atoms with E-state index < -0.39 is 23.8 Å². The average Bonchev–Trinajstić information content (AvgIpc) is 3.05. The van der Waals surface area contributed by atoms with Crippen molar-refractivity contribution >= 4 is 23.1 Å². The van der Waals surface area contributed by atoms with E-state index in [1.165, 1.54) is 11.0 Å². The Morgan fingerprint density at radius 2 is 1.79 bits per heavy atom. The minimum Gasteiger partial charge on any atom is -0.464 e. The molecule has 1 aliphatic heterocycles. The van der Waals surface area contributed by atoms with Gasteiger partial charge in [-0.05, 0) is 25.7 Å². The SMILES string of the molecule is CCCCCOC(=O)Cn1c(=O)c2c(nc(N3CCCCC3)n2C)n(C)c1=O. The smallest absolute Gasteiger partial charge is 0.333 e. The number of carbonyl (C=O) groups is 1. The largest absolute Gasteiger partial charge is 0.464 e. The van der Waals surface area contributed by atoms with Crippen molar-refractivity contribution in [3.63, 3.8) is 0 Å². The molecule has 3 heterocycles. The van der Waals surface area contributed by atoms with Crippen molar-refractivity contribution in [2.75, 3.05) is 24.6 Å². The summed E-state index contributed by atoms with van der Waals surface area (Å²) in [6, 6.07) is 0. The first kappa shape index (κ1) is 20.2. The fourth-order valence-corrected chi connectivity index (χ4v) is 3.66. The summed E-state index contributed by atoms with van der Waals surface area (Å²) >= 11 is 0. The van der Waals surface area contributed by atoms with E-state index in [1.807, 2.05) is 0 Å². The van der Waals surface area contributed by atoms with E-state index in [0.29, 0.717) is 23.7 Å². The standard InChI is InChI=1S/C19H29N5O4/c1-4-5-9-12-28-14(25)13-24-17(26)15-16(22(3)19(24)27)20-18(21(15)2)23-10-7-6-8-11-23/h4-13H2,1-3H3. The molecule has 2 aromatic heterocycles. The second kappa shape index (κ2) is 8.62. The molecule has 0 amide bonds. The van der Waals surface area contributed by atoms with Gasteiger partial charge >= 0.3 is 11.7 Å². The highest BCUT2D eigenvalue weighted by Crippen LogP contribution is 2.21. The summed E-state index contributed by atoms with van der Waals surface area (Å²) in [5.74, 6) is 0.106. The van der Waals surface area contributed by atoms with Crippen molar-refractivity contribution < 1.29 is 9.53 Å². The third-order valence-corrected chi connectivity index (χ3v) is 5.27. The number of hydrogen-bond acceptors (Lipinski definition) is 6. The lowest BCUT2D eigenvalue weighted by Crippen LogP contribution is -2.41. The van der Waals surface area contributed by atoms with Crippen LogP contribution in [0.4, 0.5) is 5.95 Å². The number of ether oxygens (including phenoxy) is 1. The second-order valence-electron chi connectivity index (χ2n) is 7.35. The molecule has 0 aromatic carbocycles. The van der Waals surface area contributed by atoms with Gasteiger partial charge in [-0.1, -0.05) is 19.8 Å². The van der Waals surface area contributed by atoms with Gasteiger partial charge in [-0.2, -0.15) is 4.98 Å². The van der Waals surface area contributed by atoms with Crippen molar-refractivity contribution in [2.45, 2.75) is 52.0 Å². The first-order valence-corrected chi connectivity index (χ1v) is 10.0. The molecular formula is C19H29N5O4. The summed E-state index contributed by atoms with van der Waals surface area (Å²) in [6.45, 7) is 3.73. The van der Waals surface area contributed by atoms with Crippen LogP contribution in [0.2, 0.25) is 0 Å². The first-order chi connectivity index (χ1) is 13.5. The van der Waals surface area contributed by atoms with Gasteiger partial charge < -0.3 is 14.2 Å². The maximum atomic E-state index is 13.0. The number of nitrogens with zero attached hydrogens (tertiary/aromatic N) is 5. The Morgan fingerprint density at radius 1 is 1.07 bits per heavy atom. The molecule has 9 nitrogen and oxygen atoms in total. The van der Waals surface area contributed by atoms with E-state index >= 15 is 0 Å². The van der Waals surface area contributed by atoms with Gasteiger partial charge in [0.1, 0.15) is 6.54 Å². The van der Waals surface area contributed by atoms with E-state index in [4.69, 9.17) is 4.74 Å². The Morgan fingerprint density at radius 3 is 2.46 bits per heavy atom. The molecule has 9 heteroatoms. The van der Waals surface area contributed by atoms with E-state index in [0.717, 1.165) is 49.8 Å². The van der Waals surface area contributed by atoms with Crippen molar-refractivity contribution in [3.8, 4) is 0 Å². The van der Waals surface area contributed by atoms with Gasteiger partial charge in [0.25, 0.3) is 5.56 Å². The zero-order valence-corrected chi connectivity index (χ0v) is 16.9. The van der Waals surface area contributed by atoms with Crippen molar-refractivity contribution in [2.24, 2.45) is 14.1 Å². The lowest BCUT2D eigenvalue weighted by atomic mass is 10.1. The molecule has 0 N–H and O–H groups in total. The minimum absolute atomic E-state index is 0.300. The fourth-order valence-electron chi connectivity index (χ4n) is 3.66. The summed E-state index contributed by atoms with van der Waals surface area (Å²) in [5, 5.41) is 0. The number of carbonyl (C=O) groups excluding carboxylic acids is 1. The Bertz CT molecular complexity index is 965. The zero-order chi connectivity index (χ0) is 20.3. The predicted octanol–water partition coefficient (Wildman–Crippen LogP) is 1.16. The summed E-state index contributed by atoms with van der Waals surface area (Å²) in [4.78, 5) is 44.5. The van der Waals surface area contributed by atoms with E-state index in [1.54, 1.807) is 18.7 Å². The number of fused-ring (bicyclic) bond motifs is 1. The molecule has 0 saturated carbocycles. The van der Waals surface area contributed by atoms with Gasteiger partial charge in [0, 0.05) is 27.2 Å². The number of rotatable bonds is 7. The van der Waals surface area contributed by atoms with Gasteiger partial charge in [0.2, 0.25) is 5.95 Å². The molecule has 0 aliphatic carbocycles. The summed E-state index contributed by atoms with van der Waals surface area (Å²) < 4.78 is 9.16. The Labute approximate surface area is 163 Å². The topological polar surface area (TPSA) is 91.4 Å². The van der Waals surface area contributed by atoms with Gasteiger partial charge in [-0.25, -0.2) is 9.36 Å². The molecule has 3 rings (SSSR count). The molecular weight excluding hydrogens is 362 g/mol. The number of imidazole rings is 1. The quantitative estimate of drug-likeness (QED) is 0.520. The Kier molecular flexibility index (Phi) is 6.21. The lowest BCUT2D eigenvalue weighted by Gasteiger charge is -2.27. The Hall–Kier alpha value is -2.58. The monoisotopic (exact) mass is 391 g/mol. The molecule has 0 unspecified atom stereocenters. The second-order valence-corrected chi connectivity index (χ2v) is 7.35. The molecule has 1 aliphatic rings. The van der Waals surface area contributed by atoms with Crippen LogP contribution in [0.25, 0.3) is 11.2 Å². The molecule has 1 fully saturated rings. The Balaban J connectivity index is 1.94. The minimum atomic E-state index is -0.576. The number of aryl methyl sites for hydroxylation is 2. The number of anilines is 1. The highest BCUT2D eigenvalue weighted by atomic mass is 16.5. The van der Waals surface area contributed by atoms with Gasteiger partial charge in [-0.3, -0.25) is 14.2 Å². The van der Waals surface area contributed by atoms with Gasteiger partial charge in [0.15, 0.2) is 11.2 Å². The average molecular weight is 391 g/mol. The first-order valence-electron chi connectivity index (χ1n) is 10.0. The molecule has 154 valence electrons. The number of hydrogen-bond donors (Lipinski definition) is 0. The third-order valence-electron chi connectivity index (χ3n) is 5.27. The van der Waals surface area contributed by atoms with E-state index in [9.17, 15) is 14.4 Å². The summed E-state index contributed by atoms with van der Waals surface area (Å²) in [6.07, 6.45) is 6.11. The van der Waals surface area contributed by atoms with Crippen LogP contribution in [0.15, 0.2) is 9.59 Å². The third kappa shape index (κ3) is 3.83. The maximum absolute atomic E-state index is 13.0. The van der Waals surface area contributed by atoms with Crippen molar-refractivity contribution in [1.82, 2.24) is 18.7 Å². The summed E-state index contributed by atoms with van der Waals surface area (Å²) in [5.41, 5.74) is -0.416. The van der Waals surface area contributed by atoms with Crippen molar-refractivity contribution in [3.05, 3.63) is 20.8 Å². The molecule has 0 atom stereocenters. The number of piperidine rings is 1. The van der Waals surface area contributed by atoms with E-state index in [2.05, 4.69) is 16.8 Å². The molecule has 28 heavy (non-hydrogen) atoms. The van der Waals surface area contributed by atoms with E-state index in [-0.39, 0.29) is 0 Å². The van der Waals surface area contributed by atoms with Crippen LogP contribution >= 0.6 is 0 Å². The fraction of sp³-hybridized carbons (Fsp3) is 0.684. The number of unbranched alkanes of at least 4 members (excludes halogenated alkanes) is 2. The lowest BCUT2D eigenvalue weighted by molar-refractivity contribution is -0.144. The normalized spacial score (nSPS) is 14.6. The van der Waals surface area contributed by atoms with Crippen LogP contribution in [0, 0.1) is 0 Å². The van der Waals surface area contributed by atoms with Crippen LogP contribution in [0.5, 0.6) is 0 Å². The highest BCUT2D eigenvalue weighted by molar-refractivity contribution is 5.75. The predicted molar refractivity (Wildman–Crippen MR) is 107 cm³/mol. The van der Waals surface area contributed by atoms with Crippen LogP contribution in [-0.2, 0) is 30.2 Å². The van der Waals surface area contributed by atoms with Crippen LogP contribution < -0.4 is 16.1 Å². The van der Waals surface area contributed by atoms with Crippen molar-refractivity contribution in [1.29, 1.82) is 0 Å². The van der Waals surface area contributed by atoms with Gasteiger partial charge in [0.05, 0.1) is 6.61 Å². The van der Waals surface area contributed by atoms with Crippen LogP contribution in [0.1, 0.15) is 45.4 Å². The number of aromatic nitrogens is 4. The van der Waals surface area contributed by atoms with Crippen LogP contribution in [-0.4, -0.2) is 44.4 Å². The molecule has 2 aromatic rings. The molecule has 0 radical (unpaired) electrons. The zero-order valence-electron chi connectivity index (χ0n) is 16.9. The molecule has 0 bridgehead atoms. The molecule has 1 saturated heterocycles. The maximum Gasteiger partial charge on any atom is 0.333 e. The van der Waals surface area contributed by atoms with Crippen LogP contribution in [0.3, 0.4) is 0 Å². The highest BCUT2D eigenvalue weighted by Gasteiger charge is 2.23. The van der Waals surface area contributed by atoms with Gasteiger partial charge in [-0.15, -0.1) is 0 Å². The number of esters is 1. The summed E-state index contributed by atoms with van der Waals surface area (Å²) in [7, 11) is 3.35.